The molecule has 0 fully saturated rings. The van der Waals surface area contributed by atoms with Crippen LogP contribution in [0.5, 0.6) is 0 Å². The Morgan fingerprint density at radius 2 is 2.00 bits per heavy atom. The van der Waals surface area contributed by atoms with Crippen molar-refractivity contribution in [3.8, 4) is 0 Å². The maximum atomic E-state index is 13.4. The maximum absolute atomic E-state index is 13.4. The fourth-order valence-corrected chi connectivity index (χ4v) is 2.39. The van der Waals surface area contributed by atoms with Gasteiger partial charge < -0.3 is 10.4 Å². The second kappa shape index (κ2) is 6.52. The highest BCUT2D eigenvalue weighted by atomic mass is 79.9. The first kappa shape index (κ1) is 14.5. The molecule has 2 aromatic rings. The minimum atomic E-state index is -0.977. The van der Waals surface area contributed by atoms with Crippen LogP contribution in [0.15, 0.2) is 46.9 Å². The van der Waals surface area contributed by atoms with Crippen molar-refractivity contribution < 1.29 is 14.3 Å². The van der Waals surface area contributed by atoms with Gasteiger partial charge in [-0.05, 0) is 52.2 Å². The lowest BCUT2D eigenvalue weighted by atomic mass is 10.1. The summed E-state index contributed by atoms with van der Waals surface area (Å²) >= 11 is 3.22. The second-order valence-corrected chi connectivity index (χ2v) is 5.12. The molecule has 2 aromatic carbocycles. The van der Waals surface area contributed by atoms with Crippen LogP contribution in [0.4, 0.5) is 10.1 Å². The minimum Gasteiger partial charge on any atom is -0.478 e. The number of rotatable bonds is 5. The molecule has 2 rings (SSSR count). The van der Waals surface area contributed by atoms with E-state index in [1.807, 2.05) is 0 Å². The Labute approximate surface area is 124 Å². The summed E-state index contributed by atoms with van der Waals surface area (Å²) in [5, 5.41) is 12.1. The van der Waals surface area contributed by atoms with Gasteiger partial charge in [-0.15, -0.1) is 0 Å². The number of benzene rings is 2. The summed E-state index contributed by atoms with van der Waals surface area (Å²) in [5.41, 5.74) is 1.66. The molecule has 0 aliphatic rings. The molecule has 20 heavy (non-hydrogen) atoms. The van der Waals surface area contributed by atoms with Crippen LogP contribution in [0.3, 0.4) is 0 Å². The second-order valence-electron chi connectivity index (χ2n) is 4.27. The highest BCUT2D eigenvalue weighted by Gasteiger charge is 2.08. The molecular weight excluding hydrogens is 325 g/mol. The van der Waals surface area contributed by atoms with Crippen LogP contribution in [0.2, 0.25) is 0 Å². The van der Waals surface area contributed by atoms with Gasteiger partial charge in [0, 0.05) is 16.7 Å². The molecule has 0 atom stereocenters. The summed E-state index contributed by atoms with van der Waals surface area (Å²) in [7, 11) is 0. The third-order valence-corrected chi connectivity index (χ3v) is 3.54. The van der Waals surface area contributed by atoms with Gasteiger partial charge in [0.1, 0.15) is 5.82 Å². The number of carboxylic acid groups (broad SMARTS) is 1. The number of carbonyl (C=O) groups is 1. The zero-order valence-electron chi connectivity index (χ0n) is 10.6. The normalized spacial score (nSPS) is 10.3. The molecule has 0 unspecified atom stereocenters. The SMILES string of the molecule is O=C(O)c1ccc(NCCc2ccccc2F)cc1Br. The Bertz CT molecular complexity index is 631. The van der Waals surface area contributed by atoms with Crippen molar-refractivity contribution in [2.45, 2.75) is 6.42 Å². The van der Waals surface area contributed by atoms with Crippen LogP contribution in [0.1, 0.15) is 15.9 Å². The van der Waals surface area contributed by atoms with Crippen molar-refractivity contribution in [2.24, 2.45) is 0 Å². The van der Waals surface area contributed by atoms with E-state index in [1.54, 1.807) is 30.3 Å². The van der Waals surface area contributed by atoms with Gasteiger partial charge in [0.25, 0.3) is 0 Å². The highest BCUT2D eigenvalue weighted by Crippen LogP contribution is 2.21. The van der Waals surface area contributed by atoms with Crippen LogP contribution in [0.25, 0.3) is 0 Å². The standard InChI is InChI=1S/C15H13BrFNO2/c16-13-9-11(5-6-12(13)15(19)20)18-8-7-10-3-1-2-4-14(10)17/h1-6,9,18H,7-8H2,(H,19,20). The molecule has 3 nitrogen and oxygen atoms in total. The quantitative estimate of drug-likeness (QED) is 0.868. The van der Waals surface area contributed by atoms with Crippen LogP contribution in [-0.4, -0.2) is 17.6 Å². The van der Waals surface area contributed by atoms with Gasteiger partial charge in [0.15, 0.2) is 0 Å². The van der Waals surface area contributed by atoms with E-state index in [4.69, 9.17) is 5.11 Å². The van der Waals surface area contributed by atoms with Crippen molar-refractivity contribution in [2.75, 3.05) is 11.9 Å². The van der Waals surface area contributed by atoms with E-state index < -0.39 is 5.97 Å². The average molecular weight is 338 g/mol. The zero-order valence-corrected chi connectivity index (χ0v) is 12.2. The van der Waals surface area contributed by atoms with E-state index in [1.165, 1.54) is 12.1 Å². The first-order valence-corrected chi connectivity index (χ1v) is 6.87. The average Bonchev–Trinajstić information content (AvgIpc) is 2.40. The number of aromatic carboxylic acids is 1. The number of hydrogen-bond donors (Lipinski definition) is 2. The first-order chi connectivity index (χ1) is 9.58. The van der Waals surface area contributed by atoms with Crippen LogP contribution in [-0.2, 0) is 6.42 Å². The van der Waals surface area contributed by atoms with E-state index in [9.17, 15) is 9.18 Å². The molecule has 0 saturated heterocycles. The number of halogens is 2. The van der Waals surface area contributed by atoms with Crippen molar-refractivity contribution in [3.05, 3.63) is 63.9 Å². The van der Waals surface area contributed by atoms with Gasteiger partial charge >= 0.3 is 5.97 Å². The summed E-state index contributed by atoms with van der Waals surface area (Å²) in [5.74, 6) is -1.19. The van der Waals surface area contributed by atoms with Crippen molar-refractivity contribution in [3.63, 3.8) is 0 Å². The van der Waals surface area contributed by atoms with Gasteiger partial charge in [-0.3, -0.25) is 0 Å². The predicted octanol–water partition coefficient (Wildman–Crippen LogP) is 3.94. The fraction of sp³-hybridized carbons (Fsp3) is 0.133. The summed E-state index contributed by atoms with van der Waals surface area (Å²) in [6.45, 7) is 0.569. The van der Waals surface area contributed by atoms with E-state index in [-0.39, 0.29) is 11.4 Å². The summed E-state index contributed by atoms with van der Waals surface area (Å²) in [6, 6.07) is 11.6. The lowest BCUT2D eigenvalue weighted by molar-refractivity contribution is 0.0696. The molecule has 0 aliphatic heterocycles. The van der Waals surface area contributed by atoms with Gasteiger partial charge in [-0.25, -0.2) is 9.18 Å². The Hall–Kier alpha value is -1.88. The molecular formula is C15H13BrFNO2. The summed E-state index contributed by atoms with van der Waals surface area (Å²) < 4.78 is 13.9. The molecule has 0 radical (unpaired) electrons. The number of anilines is 1. The van der Waals surface area contributed by atoms with Crippen LogP contribution in [0, 0.1) is 5.82 Å². The highest BCUT2D eigenvalue weighted by molar-refractivity contribution is 9.10. The Kier molecular flexibility index (Phi) is 4.74. The van der Waals surface area contributed by atoms with E-state index in [0.717, 1.165) is 5.69 Å². The Morgan fingerprint density at radius 3 is 2.65 bits per heavy atom. The van der Waals surface area contributed by atoms with Gasteiger partial charge in [0.2, 0.25) is 0 Å². The molecule has 0 aliphatic carbocycles. The maximum Gasteiger partial charge on any atom is 0.336 e. The third-order valence-electron chi connectivity index (χ3n) is 2.88. The van der Waals surface area contributed by atoms with E-state index in [2.05, 4.69) is 21.2 Å². The van der Waals surface area contributed by atoms with Crippen molar-refractivity contribution >= 4 is 27.6 Å². The number of carboxylic acids is 1. The third kappa shape index (κ3) is 3.57. The van der Waals surface area contributed by atoms with Crippen molar-refractivity contribution in [1.82, 2.24) is 0 Å². The summed E-state index contributed by atoms with van der Waals surface area (Å²) in [6.07, 6.45) is 0.560. The minimum absolute atomic E-state index is 0.211. The largest absolute Gasteiger partial charge is 0.478 e. The lowest BCUT2D eigenvalue weighted by Crippen LogP contribution is -2.07. The Balaban J connectivity index is 1.97. The molecule has 0 aromatic heterocycles. The predicted molar refractivity (Wildman–Crippen MR) is 79.7 cm³/mol. The number of hydrogen-bond acceptors (Lipinski definition) is 2. The summed E-state index contributed by atoms with van der Waals surface area (Å²) in [4.78, 5) is 10.9. The first-order valence-electron chi connectivity index (χ1n) is 6.08. The zero-order chi connectivity index (χ0) is 14.5. The molecule has 0 spiro atoms. The number of nitrogens with one attached hydrogen (secondary N) is 1. The monoisotopic (exact) mass is 337 g/mol. The molecule has 104 valence electrons. The van der Waals surface area contributed by atoms with E-state index >= 15 is 0 Å². The van der Waals surface area contributed by atoms with Gasteiger partial charge in [0.05, 0.1) is 5.56 Å². The van der Waals surface area contributed by atoms with Gasteiger partial charge in [-0.2, -0.15) is 0 Å². The topological polar surface area (TPSA) is 49.3 Å². The molecule has 0 heterocycles. The molecule has 2 N–H and O–H groups in total. The van der Waals surface area contributed by atoms with E-state index in [0.29, 0.717) is 23.0 Å². The fourth-order valence-electron chi connectivity index (χ4n) is 1.84. The van der Waals surface area contributed by atoms with Crippen LogP contribution >= 0.6 is 15.9 Å². The molecule has 0 saturated carbocycles. The molecule has 5 heteroatoms. The van der Waals surface area contributed by atoms with Crippen molar-refractivity contribution in [1.29, 1.82) is 0 Å². The van der Waals surface area contributed by atoms with Crippen LogP contribution < -0.4 is 5.32 Å². The Morgan fingerprint density at radius 1 is 1.25 bits per heavy atom. The molecule has 0 amide bonds. The molecule has 0 bridgehead atoms. The lowest BCUT2D eigenvalue weighted by Gasteiger charge is -2.08. The van der Waals surface area contributed by atoms with Gasteiger partial charge in [-0.1, -0.05) is 18.2 Å². The smallest absolute Gasteiger partial charge is 0.336 e.